The maximum absolute atomic E-state index is 12.8. The highest BCUT2D eigenvalue weighted by atomic mass is 16.5. The summed E-state index contributed by atoms with van der Waals surface area (Å²) in [6.45, 7) is 2.69. The molecule has 4 rings (SSSR count). The summed E-state index contributed by atoms with van der Waals surface area (Å²) >= 11 is 0. The summed E-state index contributed by atoms with van der Waals surface area (Å²) in [7, 11) is 1.60. The van der Waals surface area contributed by atoms with Crippen molar-refractivity contribution in [3.05, 3.63) is 96.2 Å². The van der Waals surface area contributed by atoms with E-state index in [9.17, 15) is 4.79 Å². The number of nitrogens with one attached hydrogen (secondary N) is 2. The molecule has 0 aliphatic carbocycles. The molecule has 0 unspecified atom stereocenters. The van der Waals surface area contributed by atoms with Crippen LogP contribution in [0.2, 0.25) is 0 Å². The van der Waals surface area contributed by atoms with Crippen molar-refractivity contribution in [3.8, 4) is 5.75 Å². The highest BCUT2D eigenvalue weighted by Crippen LogP contribution is 2.30. The molecule has 0 saturated heterocycles. The topological polar surface area (TPSA) is 70.7 Å². The number of benzene rings is 3. The third-order valence-electron chi connectivity index (χ3n) is 5.70. The van der Waals surface area contributed by atoms with Gasteiger partial charge in [0.25, 0.3) is 5.91 Å². The van der Waals surface area contributed by atoms with Gasteiger partial charge in [-0.25, -0.2) is 0 Å². The van der Waals surface area contributed by atoms with Crippen LogP contribution in [0.4, 0.5) is 5.69 Å². The molecule has 2 atom stereocenters. The first-order valence-corrected chi connectivity index (χ1v) is 10.6. The number of para-hydroxylation sites is 3. The number of nitrogens with two attached hydrogens (primary N) is 1. The number of carbonyl (C=O) groups is 1. The lowest BCUT2D eigenvalue weighted by atomic mass is 9.90. The highest BCUT2D eigenvalue weighted by molar-refractivity contribution is 5.94. The molecule has 4 aromatic rings. The Hall–Kier alpha value is -3.57. The molecule has 1 heterocycles. The lowest BCUT2D eigenvalue weighted by Gasteiger charge is -2.19. The maximum Gasteiger partial charge on any atom is 0.282 e. The van der Waals surface area contributed by atoms with E-state index >= 15 is 0 Å². The number of aromatic nitrogens is 1. The number of anilines is 1. The van der Waals surface area contributed by atoms with Crippen molar-refractivity contribution in [1.82, 2.24) is 4.98 Å². The van der Waals surface area contributed by atoms with Crippen LogP contribution in [0.25, 0.3) is 10.9 Å². The van der Waals surface area contributed by atoms with Gasteiger partial charge in [-0.1, -0.05) is 60.7 Å². The zero-order chi connectivity index (χ0) is 21.6. The standard InChI is InChI=1S/C26H27N3O2/c1-18(26(30)29-24-14-8-9-15-25(24)31-2)27-16-21(19-10-4-3-5-11-19)22-17-28-23-13-7-6-12-20(22)23/h3-15,17-18,21,27-28H,16H2,1-2H3,(H,29,30)/p+1/t18-,21-/m0/s1. The van der Waals surface area contributed by atoms with Crippen molar-refractivity contribution >= 4 is 22.5 Å². The fourth-order valence-electron chi connectivity index (χ4n) is 3.95. The Morgan fingerprint density at radius 2 is 1.71 bits per heavy atom. The molecule has 0 fully saturated rings. The minimum Gasteiger partial charge on any atom is -0.495 e. The molecule has 0 bridgehead atoms. The first-order chi connectivity index (χ1) is 15.2. The van der Waals surface area contributed by atoms with Crippen LogP contribution in [0.15, 0.2) is 85.1 Å². The number of H-pyrrole nitrogens is 1. The number of aromatic amines is 1. The second-order valence-corrected chi connectivity index (χ2v) is 7.70. The molecule has 5 heteroatoms. The summed E-state index contributed by atoms with van der Waals surface area (Å²) in [6, 6.07) is 26.0. The Morgan fingerprint density at radius 3 is 2.52 bits per heavy atom. The number of rotatable bonds is 8. The molecule has 158 valence electrons. The van der Waals surface area contributed by atoms with Crippen LogP contribution in [-0.2, 0) is 4.79 Å². The fourth-order valence-corrected chi connectivity index (χ4v) is 3.95. The highest BCUT2D eigenvalue weighted by Gasteiger charge is 2.24. The average Bonchev–Trinajstić information content (AvgIpc) is 3.24. The third-order valence-corrected chi connectivity index (χ3v) is 5.70. The quantitative estimate of drug-likeness (QED) is 0.409. The van der Waals surface area contributed by atoms with E-state index in [0.29, 0.717) is 11.4 Å². The van der Waals surface area contributed by atoms with Gasteiger partial charge in [0, 0.05) is 17.1 Å². The van der Waals surface area contributed by atoms with E-state index in [4.69, 9.17) is 4.74 Å². The number of hydrogen-bond acceptors (Lipinski definition) is 2. The van der Waals surface area contributed by atoms with E-state index < -0.39 is 0 Å². The van der Waals surface area contributed by atoms with Crippen LogP contribution in [0.3, 0.4) is 0 Å². The number of amides is 1. The predicted octanol–water partition coefficient (Wildman–Crippen LogP) is 3.90. The van der Waals surface area contributed by atoms with Gasteiger partial charge < -0.3 is 20.4 Å². The van der Waals surface area contributed by atoms with Crippen molar-refractivity contribution in [2.45, 2.75) is 18.9 Å². The summed E-state index contributed by atoms with van der Waals surface area (Å²) < 4.78 is 5.34. The summed E-state index contributed by atoms with van der Waals surface area (Å²) in [5.41, 5.74) is 4.29. The smallest absolute Gasteiger partial charge is 0.282 e. The molecule has 4 N–H and O–H groups in total. The van der Waals surface area contributed by atoms with Gasteiger partial charge in [-0.15, -0.1) is 0 Å². The maximum atomic E-state index is 12.8. The fraction of sp³-hybridized carbons (Fsp3) is 0.192. The summed E-state index contributed by atoms with van der Waals surface area (Å²) in [6.07, 6.45) is 2.09. The van der Waals surface area contributed by atoms with Crippen LogP contribution >= 0.6 is 0 Å². The number of ether oxygens (including phenoxy) is 1. The monoisotopic (exact) mass is 414 g/mol. The predicted molar refractivity (Wildman–Crippen MR) is 124 cm³/mol. The molecule has 1 aromatic heterocycles. The molecule has 0 aliphatic heterocycles. The first kappa shape index (κ1) is 20.7. The number of methoxy groups -OCH3 is 1. The van der Waals surface area contributed by atoms with Crippen LogP contribution in [0.1, 0.15) is 24.0 Å². The molecule has 0 spiro atoms. The molecule has 1 amide bonds. The van der Waals surface area contributed by atoms with Crippen molar-refractivity contribution in [1.29, 1.82) is 0 Å². The van der Waals surface area contributed by atoms with E-state index in [1.165, 1.54) is 16.5 Å². The normalized spacial score (nSPS) is 13.0. The molecular weight excluding hydrogens is 386 g/mol. The van der Waals surface area contributed by atoms with Gasteiger partial charge in [-0.3, -0.25) is 4.79 Å². The second kappa shape index (κ2) is 9.49. The van der Waals surface area contributed by atoms with E-state index in [-0.39, 0.29) is 17.9 Å². The van der Waals surface area contributed by atoms with Gasteiger partial charge in [-0.05, 0) is 36.2 Å². The Kier molecular flexibility index (Phi) is 6.34. The first-order valence-electron chi connectivity index (χ1n) is 10.6. The van der Waals surface area contributed by atoms with Gasteiger partial charge >= 0.3 is 0 Å². The molecule has 3 aromatic carbocycles. The number of carbonyl (C=O) groups excluding carboxylic acids is 1. The van der Waals surface area contributed by atoms with Gasteiger partial charge in [0.15, 0.2) is 6.04 Å². The average molecular weight is 415 g/mol. The van der Waals surface area contributed by atoms with Crippen molar-refractivity contribution in [2.75, 3.05) is 19.0 Å². The van der Waals surface area contributed by atoms with E-state index in [0.717, 1.165) is 12.1 Å². The van der Waals surface area contributed by atoms with E-state index in [2.05, 4.69) is 64.3 Å². The van der Waals surface area contributed by atoms with Crippen molar-refractivity contribution in [2.24, 2.45) is 0 Å². The SMILES string of the molecule is COc1ccccc1NC(=O)[C@H](C)[NH2+]C[C@@H](c1ccccc1)c1c[nH]c2ccccc12. The molecule has 0 aliphatic rings. The van der Waals surface area contributed by atoms with Crippen LogP contribution in [0.5, 0.6) is 5.75 Å². The van der Waals surface area contributed by atoms with Crippen LogP contribution in [-0.4, -0.2) is 30.6 Å². The minimum absolute atomic E-state index is 0.0461. The Balaban J connectivity index is 1.52. The number of quaternary nitrogens is 1. The lowest BCUT2D eigenvalue weighted by Crippen LogP contribution is -2.92. The van der Waals surface area contributed by atoms with Gasteiger partial charge in [0.05, 0.1) is 25.3 Å². The zero-order valence-corrected chi connectivity index (χ0v) is 17.8. The Bertz CT molecular complexity index is 1150. The molecule has 5 nitrogen and oxygen atoms in total. The summed E-state index contributed by atoms with van der Waals surface area (Å²) in [5.74, 6) is 0.776. The van der Waals surface area contributed by atoms with Crippen molar-refractivity contribution < 1.29 is 14.8 Å². The Morgan fingerprint density at radius 1 is 1.00 bits per heavy atom. The van der Waals surface area contributed by atoms with Gasteiger partial charge in [0.1, 0.15) is 5.75 Å². The van der Waals surface area contributed by atoms with E-state index in [1.54, 1.807) is 7.11 Å². The van der Waals surface area contributed by atoms with E-state index in [1.807, 2.05) is 43.3 Å². The van der Waals surface area contributed by atoms with Crippen molar-refractivity contribution in [3.63, 3.8) is 0 Å². The minimum atomic E-state index is -0.249. The molecule has 0 radical (unpaired) electrons. The molecule has 31 heavy (non-hydrogen) atoms. The Labute approximate surface area is 182 Å². The van der Waals surface area contributed by atoms with Gasteiger partial charge in [0.2, 0.25) is 0 Å². The largest absolute Gasteiger partial charge is 0.495 e. The van der Waals surface area contributed by atoms with Crippen LogP contribution in [0, 0.1) is 0 Å². The summed E-state index contributed by atoms with van der Waals surface area (Å²) in [5, 5.41) is 6.31. The lowest BCUT2D eigenvalue weighted by molar-refractivity contribution is -0.674. The molecular formula is C26H28N3O2+. The number of hydrogen-bond donors (Lipinski definition) is 3. The molecule has 0 saturated carbocycles. The second-order valence-electron chi connectivity index (χ2n) is 7.70. The summed E-state index contributed by atoms with van der Waals surface area (Å²) in [4.78, 5) is 16.2. The third kappa shape index (κ3) is 4.62. The van der Waals surface area contributed by atoms with Crippen LogP contribution < -0.4 is 15.4 Å². The number of fused-ring (bicyclic) bond motifs is 1. The zero-order valence-electron chi connectivity index (χ0n) is 17.8. The van der Waals surface area contributed by atoms with Gasteiger partial charge in [-0.2, -0.15) is 0 Å².